The van der Waals surface area contributed by atoms with Crippen molar-refractivity contribution in [3.8, 4) is 0 Å². The maximum absolute atomic E-state index is 12.1. The van der Waals surface area contributed by atoms with E-state index >= 15 is 0 Å². The highest BCUT2D eigenvalue weighted by atomic mass is 16.4. The van der Waals surface area contributed by atoms with E-state index in [1.54, 1.807) is 12.1 Å². The van der Waals surface area contributed by atoms with E-state index in [1.807, 2.05) is 0 Å². The Hall–Kier alpha value is -2.11. The Morgan fingerprint density at radius 3 is 2.76 bits per heavy atom. The van der Waals surface area contributed by atoms with Gasteiger partial charge in [0.25, 0.3) is 5.91 Å². The van der Waals surface area contributed by atoms with Crippen LogP contribution in [0.4, 0.5) is 5.69 Å². The quantitative estimate of drug-likeness (QED) is 0.785. The number of pyridine rings is 1. The molecular weight excluding hydrogens is 222 g/mol. The van der Waals surface area contributed by atoms with Gasteiger partial charge in [-0.15, -0.1) is 0 Å². The number of carboxylic acids is 1. The molecule has 0 aromatic carbocycles. The largest absolute Gasteiger partial charge is 0.480 e. The van der Waals surface area contributed by atoms with E-state index in [1.165, 1.54) is 11.1 Å². The number of aromatic nitrogens is 1. The summed E-state index contributed by atoms with van der Waals surface area (Å²) in [5.74, 6) is -1.44. The number of hydrogen-bond donors (Lipinski definition) is 2. The summed E-state index contributed by atoms with van der Waals surface area (Å²) in [4.78, 5) is 28.0. The van der Waals surface area contributed by atoms with Crippen LogP contribution < -0.4 is 5.73 Å². The average molecular weight is 235 g/mol. The number of anilines is 1. The van der Waals surface area contributed by atoms with Crippen LogP contribution in [0.2, 0.25) is 0 Å². The van der Waals surface area contributed by atoms with Crippen LogP contribution in [0.3, 0.4) is 0 Å². The Morgan fingerprint density at radius 2 is 2.24 bits per heavy atom. The fourth-order valence-electron chi connectivity index (χ4n) is 1.63. The minimum Gasteiger partial charge on any atom is -0.480 e. The van der Waals surface area contributed by atoms with Crippen LogP contribution in [-0.4, -0.2) is 39.5 Å². The van der Waals surface area contributed by atoms with E-state index in [2.05, 4.69) is 4.98 Å². The van der Waals surface area contributed by atoms with Crippen molar-refractivity contribution in [2.24, 2.45) is 0 Å². The van der Waals surface area contributed by atoms with Gasteiger partial charge < -0.3 is 15.7 Å². The standard InChI is InChI=1S/C11H13N3O3/c12-8-2-1-5-13-10(8)11(17)14(6-9(15)16)7-3-4-7/h1-2,5,7H,3-4,6,12H2,(H,15,16). The normalized spacial score (nSPS) is 14.4. The van der Waals surface area contributed by atoms with Crippen LogP contribution in [0.5, 0.6) is 0 Å². The molecule has 0 radical (unpaired) electrons. The number of carboxylic acid groups (broad SMARTS) is 1. The fraction of sp³-hybridized carbons (Fsp3) is 0.364. The number of hydrogen-bond acceptors (Lipinski definition) is 4. The highest BCUT2D eigenvalue weighted by Gasteiger charge is 2.35. The Labute approximate surface area is 98.1 Å². The molecule has 0 aliphatic heterocycles. The Balaban J connectivity index is 2.22. The summed E-state index contributed by atoms with van der Waals surface area (Å²) in [6.45, 7) is -0.306. The SMILES string of the molecule is Nc1cccnc1C(=O)N(CC(=O)O)C1CC1. The monoisotopic (exact) mass is 235 g/mol. The van der Waals surface area contributed by atoms with Gasteiger partial charge >= 0.3 is 5.97 Å². The second-order valence-electron chi connectivity index (χ2n) is 4.00. The first-order valence-electron chi connectivity index (χ1n) is 5.33. The molecule has 1 aromatic heterocycles. The highest BCUT2D eigenvalue weighted by molar-refractivity contribution is 5.98. The third-order valence-corrected chi connectivity index (χ3v) is 2.60. The topological polar surface area (TPSA) is 96.5 Å². The van der Waals surface area contributed by atoms with Crippen molar-refractivity contribution in [3.63, 3.8) is 0 Å². The number of carbonyl (C=O) groups is 2. The molecule has 2 rings (SSSR count). The Morgan fingerprint density at radius 1 is 1.53 bits per heavy atom. The summed E-state index contributed by atoms with van der Waals surface area (Å²) in [6.07, 6.45) is 3.15. The Kier molecular flexibility index (Phi) is 2.95. The van der Waals surface area contributed by atoms with Gasteiger partial charge in [0.1, 0.15) is 6.54 Å². The lowest BCUT2D eigenvalue weighted by molar-refractivity contribution is -0.137. The number of aliphatic carboxylic acids is 1. The van der Waals surface area contributed by atoms with Crippen LogP contribution in [0, 0.1) is 0 Å². The van der Waals surface area contributed by atoms with Crippen molar-refractivity contribution >= 4 is 17.6 Å². The zero-order chi connectivity index (χ0) is 12.4. The van der Waals surface area contributed by atoms with Gasteiger partial charge in [0.2, 0.25) is 0 Å². The minimum atomic E-state index is -1.03. The predicted octanol–water partition coefficient (Wildman–Crippen LogP) is 0.353. The number of rotatable bonds is 4. The van der Waals surface area contributed by atoms with E-state index in [4.69, 9.17) is 10.8 Å². The molecule has 1 aromatic rings. The third kappa shape index (κ3) is 2.52. The smallest absolute Gasteiger partial charge is 0.323 e. The fourth-order valence-corrected chi connectivity index (χ4v) is 1.63. The maximum Gasteiger partial charge on any atom is 0.323 e. The van der Waals surface area contributed by atoms with Crippen LogP contribution in [0.25, 0.3) is 0 Å². The molecule has 6 heteroatoms. The second kappa shape index (κ2) is 4.40. The molecule has 1 heterocycles. The molecule has 1 saturated carbocycles. The van der Waals surface area contributed by atoms with Gasteiger partial charge in [-0.2, -0.15) is 0 Å². The van der Waals surface area contributed by atoms with Crippen LogP contribution in [0.1, 0.15) is 23.3 Å². The molecule has 90 valence electrons. The molecule has 3 N–H and O–H groups in total. The van der Waals surface area contributed by atoms with Gasteiger partial charge in [-0.05, 0) is 25.0 Å². The third-order valence-electron chi connectivity index (χ3n) is 2.60. The van der Waals surface area contributed by atoms with Crippen LogP contribution in [0.15, 0.2) is 18.3 Å². The highest BCUT2D eigenvalue weighted by Crippen LogP contribution is 2.28. The Bertz CT molecular complexity index is 457. The lowest BCUT2D eigenvalue weighted by atomic mass is 10.2. The summed E-state index contributed by atoms with van der Waals surface area (Å²) in [7, 11) is 0. The van der Waals surface area contributed by atoms with Crippen molar-refractivity contribution in [3.05, 3.63) is 24.0 Å². The lowest BCUT2D eigenvalue weighted by Crippen LogP contribution is -2.38. The number of nitrogens with zero attached hydrogens (tertiary/aromatic N) is 2. The first-order valence-corrected chi connectivity index (χ1v) is 5.33. The molecule has 0 atom stereocenters. The molecule has 1 fully saturated rings. The van der Waals surface area contributed by atoms with Gasteiger partial charge in [-0.3, -0.25) is 9.59 Å². The summed E-state index contributed by atoms with van der Waals surface area (Å²) in [5.41, 5.74) is 6.05. The number of amides is 1. The van der Waals surface area contributed by atoms with Crippen molar-refractivity contribution in [2.75, 3.05) is 12.3 Å². The van der Waals surface area contributed by atoms with Crippen molar-refractivity contribution in [2.45, 2.75) is 18.9 Å². The molecule has 0 spiro atoms. The van der Waals surface area contributed by atoms with E-state index in [0.717, 1.165) is 12.8 Å². The number of nitrogens with two attached hydrogens (primary N) is 1. The molecule has 1 aliphatic rings. The van der Waals surface area contributed by atoms with E-state index in [9.17, 15) is 9.59 Å². The van der Waals surface area contributed by atoms with Gasteiger partial charge in [0.15, 0.2) is 5.69 Å². The molecule has 0 saturated heterocycles. The summed E-state index contributed by atoms with van der Waals surface area (Å²) >= 11 is 0. The van der Waals surface area contributed by atoms with Gasteiger partial charge in [0, 0.05) is 12.2 Å². The summed E-state index contributed by atoms with van der Waals surface area (Å²) in [5, 5.41) is 8.78. The molecule has 1 amide bonds. The number of nitrogen functional groups attached to an aromatic ring is 1. The summed E-state index contributed by atoms with van der Waals surface area (Å²) < 4.78 is 0. The average Bonchev–Trinajstić information content (AvgIpc) is 3.09. The molecule has 1 aliphatic carbocycles. The summed E-state index contributed by atoms with van der Waals surface area (Å²) in [6, 6.07) is 3.22. The van der Waals surface area contributed by atoms with Crippen LogP contribution in [-0.2, 0) is 4.79 Å². The van der Waals surface area contributed by atoms with E-state index < -0.39 is 11.9 Å². The molecule has 6 nitrogen and oxygen atoms in total. The zero-order valence-electron chi connectivity index (χ0n) is 9.17. The first kappa shape index (κ1) is 11.4. The molecule has 0 unspecified atom stereocenters. The first-order chi connectivity index (χ1) is 8.09. The predicted molar refractivity (Wildman–Crippen MR) is 60.3 cm³/mol. The van der Waals surface area contributed by atoms with E-state index in [-0.39, 0.29) is 24.0 Å². The molecule has 17 heavy (non-hydrogen) atoms. The van der Waals surface area contributed by atoms with Crippen molar-refractivity contribution in [1.82, 2.24) is 9.88 Å². The maximum atomic E-state index is 12.1. The number of carbonyl (C=O) groups excluding carboxylic acids is 1. The van der Waals surface area contributed by atoms with Gasteiger partial charge in [-0.25, -0.2) is 4.98 Å². The zero-order valence-corrected chi connectivity index (χ0v) is 9.17. The molecule has 0 bridgehead atoms. The van der Waals surface area contributed by atoms with Gasteiger partial charge in [-0.1, -0.05) is 0 Å². The lowest BCUT2D eigenvalue weighted by Gasteiger charge is -2.20. The molecular formula is C11H13N3O3. The van der Waals surface area contributed by atoms with Crippen molar-refractivity contribution in [1.29, 1.82) is 0 Å². The van der Waals surface area contributed by atoms with Gasteiger partial charge in [0.05, 0.1) is 5.69 Å². The van der Waals surface area contributed by atoms with Crippen LogP contribution >= 0.6 is 0 Å². The van der Waals surface area contributed by atoms with Crippen molar-refractivity contribution < 1.29 is 14.7 Å². The minimum absolute atomic E-state index is 0.0139. The second-order valence-corrected chi connectivity index (χ2v) is 4.00. The van der Waals surface area contributed by atoms with E-state index in [0.29, 0.717) is 0 Å².